The lowest BCUT2D eigenvalue weighted by molar-refractivity contribution is 0.102. The minimum absolute atomic E-state index is 0. The van der Waals surface area contributed by atoms with Crippen LogP contribution in [0.2, 0.25) is 0 Å². The molecule has 0 heterocycles. The number of benzene rings is 3. The highest BCUT2D eigenvalue weighted by molar-refractivity contribution is 7.89. The molecule has 168 valence electrons. The first-order chi connectivity index (χ1) is 14.4. The Hall–Kier alpha value is -3.23. The maximum absolute atomic E-state index is 13.6. The zero-order valence-electron chi connectivity index (χ0n) is 17.3. The van der Waals surface area contributed by atoms with E-state index in [4.69, 9.17) is 9.88 Å². The smallest absolute Gasteiger partial charge is 0.259 e. The Labute approximate surface area is 185 Å². The van der Waals surface area contributed by atoms with Gasteiger partial charge >= 0.3 is 0 Å². The van der Waals surface area contributed by atoms with Crippen LogP contribution in [-0.4, -0.2) is 14.3 Å². The molecule has 31 heavy (non-hydrogen) atoms. The Kier molecular flexibility index (Phi) is 6.15. The summed E-state index contributed by atoms with van der Waals surface area (Å²) < 4.78 is 42.6. The van der Waals surface area contributed by atoms with Gasteiger partial charge < -0.3 is 10.1 Å². The number of halogens is 1. The van der Waals surface area contributed by atoms with Crippen LogP contribution >= 0.6 is 0 Å². The fraction of sp³-hybridized carbons (Fsp3) is 0.174. The first-order valence-electron chi connectivity index (χ1n) is 9.46. The van der Waals surface area contributed by atoms with Crippen molar-refractivity contribution in [3.63, 3.8) is 0 Å². The summed E-state index contributed by atoms with van der Waals surface area (Å²) in [6.45, 7) is 6.06. The van der Waals surface area contributed by atoms with Gasteiger partial charge in [-0.15, -0.1) is 0 Å². The van der Waals surface area contributed by atoms with Gasteiger partial charge in [-0.05, 0) is 53.4 Å². The summed E-state index contributed by atoms with van der Waals surface area (Å²) in [5.41, 5.74) is 1.18. The molecule has 8 heteroatoms. The van der Waals surface area contributed by atoms with Crippen LogP contribution in [-0.2, 0) is 15.4 Å². The van der Waals surface area contributed by atoms with Gasteiger partial charge in [-0.1, -0.05) is 39.0 Å². The maximum atomic E-state index is 13.6. The number of carbonyl (C=O) groups excluding carboxylic acids is 1. The zero-order chi connectivity index (χ0) is 22.8. The molecule has 0 saturated carbocycles. The molecule has 0 aliphatic rings. The molecular formula is C23H29FN2O4S. The Morgan fingerprint density at radius 3 is 2.39 bits per heavy atom. The number of primary sulfonamides is 1. The molecule has 0 fully saturated rings. The second-order valence-corrected chi connectivity index (χ2v) is 9.61. The van der Waals surface area contributed by atoms with Gasteiger partial charge in [0.25, 0.3) is 5.91 Å². The van der Waals surface area contributed by atoms with E-state index in [2.05, 4.69) is 5.32 Å². The molecule has 6 nitrogen and oxygen atoms in total. The van der Waals surface area contributed by atoms with Gasteiger partial charge in [0.05, 0.1) is 10.5 Å². The summed E-state index contributed by atoms with van der Waals surface area (Å²) >= 11 is 0. The number of rotatable bonds is 5. The SMILES string of the molecule is CC(C)(C)c1ccc(C(=O)Nc2cccc(S(N)(=O)=O)c2)c(Oc2cccc(F)c2)c1.[HH].[HH].[HH]. The third-order valence-corrected chi connectivity index (χ3v) is 5.45. The van der Waals surface area contributed by atoms with E-state index in [1.165, 1.54) is 36.4 Å². The first kappa shape index (κ1) is 22.5. The minimum atomic E-state index is -3.91. The zero-order valence-corrected chi connectivity index (χ0v) is 18.2. The third kappa shape index (κ3) is 5.68. The number of carbonyl (C=O) groups is 1. The topological polar surface area (TPSA) is 98.5 Å². The van der Waals surface area contributed by atoms with E-state index < -0.39 is 21.7 Å². The lowest BCUT2D eigenvalue weighted by atomic mass is 9.86. The number of hydrogen-bond acceptors (Lipinski definition) is 4. The average Bonchev–Trinajstić information content (AvgIpc) is 2.67. The number of anilines is 1. The predicted molar refractivity (Wildman–Crippen MR) is 124 cm³/mol. The van der Waals surface area contributed by atoms with Crippen molar-refractivity contribution < 1.29 is 26.6 Å². The molecule has 0 atom stereocenters. The van der Waals surface area contributed by atoms with Crippen LogP contribution in [0.15, 0.2) is 71.6 Å². The highest BCUT2D eigenvalue weighted by atomic mass is 32.2. The lowest BCUT2D eigenvalue weighted by Gasteiger charge is -2.21. The van der Waals surface area contributed by atoms with Crippen molar-refractivity contribution in [2.75, 3.05) is 5.32 Å². The molecule has 3 aromatic carbocycles. The summed E-state index contributed by atoms with van der Waals surface area (Å²) in [5, 5.41) is 7.81. The molecule has 0 saturated heterocycles. The molecule has 0 spiro atoms. The van der Waals surface area contributed by atoms with Crippen LogP contribution in [0.4, 0.5) is 10.1 Å². The van der Waals surface area contributed by atoms with Crippen molar-refractivity contribution in [2.45, 2.75) is 31.1 Å². The van der Waals surface area contributed by atoms with E-state index in [0.717, 1.165) is 5.56 Å². The lowest BCUT2D eigenvalue weighted by Crippen LogP contribution is -2.16. The Morgan fingerprint density at radius 2 is 1.74 bits per heavy atom. The summed E-state index contributed by atoms with van der Waals surface area (Å²) in [7, 11) is -3.91. The molecule has 0 bridgehead atoms. The van der Waals surface area contributed by atoms with E-state index >= 15 is 0 Å². The number of nitrogens with two attached hydrogens (primary N) is 1. The summed E-state index contributed by atoms with van der Waals surface area (Å²) in [4.78, 5) is 12.8. The van der Waals surface area contributed by atoms with E-state index in [-0.39, 0.29) is 37.3 Å². The molecule has 3 aromatic rings. The van der Waals surface area contributed by atoms with Crippen molar-refractivity contribution >= 4 is 21.6 Å². The second kappa shape index (κ2) is 8.49. The molecule has 0 unspecified atom stereocenters. The monoisotopic (exact) mass is 448 g/mol. The fourth-order valence-electron chi connectivity index (χ4n) is 2.87. The molecule has 3 N–H and O–H groups in total. The van der Waals surface area contributed by atoms with Gasteiger partial charge in [0, 0.05) is 16.0 Å². The molecule has 0 aromatic heterocycles. The fourth-order valence-corrected chi connectivity index (χ4v) is 3.43. The van der Waals surface area contributed by atoms with Crippen LogP contribution in [0.5, 0.6) is 11.5 Å². The molecule has 0 radical (unpaired) electrons. The molecule has 1 amide bonds. The minimum Gasteiger partial charge on any atom is -0.456 e. The van der Waals surface area contributed by atoms with Gasteiger partial charge in [0.15, 0.2) is 0 Å². The third-order valence-electron chi connectivity index (χ3n) is 4.54. The van der Waals surface area contributed by atoms with Crippen LogP contribution in [0.3, 0.4) is 0 Å². The molecule has 3 rings (SSSR count). The van der Waals surface area contributed by atoms with Crippen molar-refractivity contribution in [3.8, 4) is 11.5 Å². The summed E-state index contributed by atoms with van der Waals surface area (Å²) in [6, 6.07) is 16.4. The van der Waals surface area contributed by atoms with E-state index in [0.29, 0.717) is 0 Å². The van der Waals surface area contributed by atoms with Crippen molar-refractivity contribution in [1.29, 1.82) is 0 Å². The van der Waals surface area contributed by atoms with Gasteiger partial charge in [-0.2, -0.15) is 0 Å². The second-order valence-electron chi connectivity index (χ2n) is 8.05. The van der Waals surface area contributed by atoms with Crippen molar-refractivity contribution in [2.24, 2.45) is 5.14 Å². The number of ether oxygens (including phenoxy) is 1. The van der Waals surface area contributed by atoms with E-state index in [1.807, 2.05) is 26.8 Å². The number of nitrogens with one attached hydrogen (secondary N) is 1. The van der Waals surface area contributed by atoms with E-state index in [1.54, 1.807) is 24.3 Å². The van der Waals surface area contributed by atoms with Crippen LogP contribution in [0, 0.1) is 5.82 Å². The highest BCUT2D eigenvalue weighted by Gasteiger charge is 2.20. The predicted octanol–water partition coefficient (Wildman–Crippen LogP) is 5.55. The normalized spacial score (nSPS) is 11.8. The molecular weight excluding hydrogens is 419 g/mol. The van der Waals surface area contributed by atoms with Crippen molar-refractivity contribution in [1.82, 2.24) is 0 Å². The van der Waals surface area contributed by atoms with Crippen LogP contribution < -0.4 is 15.2 Å². The highest BCUT2D eigenvalue weighted by Crippen LogP contribution is 2.32. The number of sulfonamides is 1. The van der Waals surface area contributed by atoms with E-state index in [9.17, 15) is 17.6 Å². The van der Waals surface area contributed by atoms with Gasteiger partial charge in [-0.3, -0.25) is 4.79 Å². The Morgan fingerprint density at radius 1 is 1.03 bits per heavy atom. The average molecular weight is 449 g/mol. The Balaban J connectivity index is 0.00000363. The Bertz CT molecular complexity index is 1250. The van der Waals surface area contributed by atoms with Crippen LogP contribution in [0.25, 0.3) is 0 Å². The van der Waals surface area contributed by atoms with Gasteiger partial charge in [-0.25, -0.2) is 17.9 Å². The standard InChI is InChI=1S/C23H23FN2O4S.3H2/c1-23(2,3)15-10-11-20(21(12-15)30-18-8-4-6-16(24)13-18)22(27)26-17-7-5-9-19(14-17)31(25,28)29;;;/h4-14H,1-3H3,(H,26,27)(H2,25,28,29);3*1H. The molecule has 0 aliphatic heterocycles. The van der Waals surface area contributed by atoms with Gasteiger partial charge in [0.2, 0.25) is 10.0 Å². The van der Waals surface area contributed by atoms with Gasteiger partial charge in [0.1, 0.15) is 17.3 Å². The number of hydrogen-bond donors (Lipinski definition) is 2. The summed E-state index contributed by atoms with van der Waals surface area (Å²) in [5.74, 6) is -0.483. The molecule has 0 aliphatic carbocycles. The summed E-state index contributed by atoms with van der Waals surface area (Å²) in [6.07, 6.45) is 0. The maximum Gasteiger partial charge on any atom is 0.259 e. The van der Waals surface area contributed by atoms with Crippen molar-refractivity contribution in [3.05, 3.63) is 83.7 Å². The number of amides is 1. The first-order valence-corrected chi connectivity index (χ1v) is 11.0. The van der Waals surface area contributed by atoms with Crippen LogP contribution in [0.1, 0.15) is 41.0 Å². The quantitative estimate of drug-likeness (QED) is 0.534. The largest absolute Gasteiger partial charge is 0.456 e.